The topological polar surface area (TPSA) is 94.9 Å². The molecule has 0 saturated heterocycles. The molecule has 0 aliphatic rings. The molecule has 0 bridgehead atoms. The standard InChI is InChI=1S/C12H12ClNO5/c1-7-2-8(4-9(13)3-7)12(19)14(5-10(15)16)6-11(17)18/h2-4H,5-6H2,1H3,(H,15,16)(H,17,18). The summed E-state index contributed by atoms with van der Waals surface area (Å²) in [5.41, 5.74) is 0.883. The Morgan fingerprint density at radius 3 is 2.05 bits per heavy atom. The molecule has 1 aromatic rings. The monoisotopic (exact) mass is 285 g/mol. The van der Waals surface area contributed by atoms with E-state index in [2.05, 4.69) is 0 Å². The number of carbonyl (C=O) groups is 3. The number of halogens is 1. The summed E-state index contributed by atoms with van der Waals surface area (Å²) in [6.45, 7) is 0.356. The fourth-order valence-corrected chi connectivity index (χ4v) is 1.86. The van der Waals surface area contributed by atoms with E-state index in [1.54, 1.807) is 13.0 Å². The van der Waals surface area contributed by atoms with Crippen LogP contribution in [0.15, 0.2) is 18.2 Å². The van der Waals surface area contributed by atoms with Crippen molar-refractivity contribution < 1.29 is 24.6 Å². The number of aryl methyl sites for hydroxylation is 1. The first-order valence-electron chi connectivity index (χ1n) is 5.29. The average Bonchev–Trinajstić information content (AvgIpc) is 2.24. The predicted octanol–water partition coefficient (Wildman–Crippen LogP) is 1.26. The summed E-state index contributed by atoms with van der Waals surface area (Å²) in [5, 5.41) is 17.7. The van der Waals surface area contributed by atoms with E-state index in [1.807, 2.05) is 0 Å². The Morgan fingerprint density at radius 1 is 1.11 bits per heavy atom. The Balaban J connectivity index is 3.03. The van der Waals surface area contributed by atoms with Crippen molar-refractivity contribution in [1.29, 1.82) is 0 Å². The summed E-state index contributed by atoms with van der Waals surface area (Å²) in [5.74, 6) is -3.25. The number of rotatable bonds is 5. The van der Waals surface area contributed by atoms with Crippen molar-refractivity contribution in [3.05, 3.63) is 34.3 Å². The maximum absolute atomic E-state index is 12.1. The second kappa shape index (κ2) is 6.19. The van der Waals surface area contributed by atoms with Gasteiger partial charge >= 0.3 is 11.9 Å². The van der Waals surface area contributed by atoms with Crippen molar-refractivity contribution in [3.8, 4) is 0 Å². The minimum atomic E-state index is -1.28. The van der Waals surface area contributed by atoms with Gasteiger partial charge < -0.3 is 15.1 Å². The SMILES string of the molecule is Cc1cc(Cl)cc(C(=O)N(CC(=O)O)CC(=O)O)c1. The number of aliphatic carboxylic acids is 2. The predicted molar refractivity (Wildman–Crippen MR) is 67.4 cm³/mol. The van der Waals surface area contributed by atoms with Crippen LogP contribution in [0.5, 0.6) is 0 Å². The Bertz CT molecular complexity index is 493. The van der Waals surface area contributed by atoms with Gasteiger partial charge in [0.2, 0.25) is 0 Å². The quantitative estimate of drug-likeness (QED) is 0.849. The zero-order valence-corrected chi connectivity index (χ0v) is 10.8. The first kappa shape index (κ1) is 15.0. The van der Waals surface area contributed by atoms with Crippen LogP contribution in [0.25, 0.3) is 0 Å². The fourth-order valence-electron chi connectivity index (χ4n) is 1.57. The fraction of sp³-hybridized carbons (Fsp3) is 0.250. The molecule has 0 radical (unpaired) electrons. The molecule has 0 heterocycles. The van der Waals surface area contributed by atoms with E-state index in [0.717, 1.165) is 10.5 Å². The maximum Gasteiger partial charge on any atom is 0.323 e. The van der Waals surface area contributed by atoms with E-state index < -0.39 is 30.9 Å². The van der Waals surface area contributed by atoms with Crippen molar-refractivity contribution in [3.63, 3.8) is 0 Å². The summed E-state index contributed by atoms with van der Waals surface area (Å²) < 4.78 is 0. The Morgan fingerprint density at radius 2 is 1.63 bits per heavy atom. The second-order valence-electron chi connectivity index (χ2n) is 3.97. The molecule has 0 saturated carbocycles. The number of hydrogen-bond acceptors (Lipinski definition) is 3. The van der Waals surface area contributed by atoms with Crippen molar-refractivity contribution >= 4 is 29.4 Å². The van der Waals surface area contributed by atoms with Crippen LogP contribution in [-0.4, -0.2) is 46.0 Å². The number of carbonyl (C=O) groups excluding carboxylic acids is 1. The molecule has 0 fully saturated rings. The maximum atomic E-state index is 12.1. The van der Waals surface area contributed by atoms with Crippen LogP contribution in [0.3, 0.4) is 0 Å². The molecule has 0 aromatic heterocycles. The summed E-state index contributed by atoms with van der Waals surface area (Å²) >= 11 is 5.81. The summed E-state index contributed by atoms with van der Waals surface area (Å²) in [6.07, 6.45) is 0. The second-order valence-corrected chi connectivity index (χ2v) is 4.40. The normalized spacial score (nSPS) is 10.0. The van der Waals surface area contributed by atoms with E-state index in [0.29, 0.717) is 5.02 Å². The Labute approximate surface area is 114 Å². The van der Waals surface area contributed by atoms with Gasteiger partial charge in [0, 0.05) is 10.6 Å². The molecule has 19 heavy (non-hydrogen) atoms. The van der Waals surface area contributed by atoms with Crippen molar-refractivity contribution in [2.45, 2.75) is 6.92 Å². The van der Waals surface area contributed by atoms with Gasteiger partial charge in [-0.15, -0.1) is 0 Å². The van der Waals surface area contributed by atoms with Crippen molar-refractivity contribution in [1.82, 2.24) is 4.90 Å². The number of nitrogens with zero attached hydrogens (tertiary/aromatic N) is 1. The molecule has 0 aliphatic carbocycles. The van der Waals surface area contributed by atoms with Crippen LogP contribution in [0.2, 0.25) is 5.02 Å². The molecule has 6 nitrogen and oxygen atoms in total. The highest BCUT2D eigenvalue weighted by atomic mass is 35.5. The molecule has 0 aliphatic heterocycles. The van der Waals surface area contributed by atoms with Gasteiger partial charge in [-0.3, -0.25) is 14.4 Å². The molecular formula is C12H12ClNO5. The minimum Gasteiger partial charge on any atom is -0.480 e. The van der Waals surface area contributed by atoms with Gasteiger partial charge in [-0.05, 0) is 30.7 Å². The van der Waals surface area contributed by atoms with Crippen LogP contribution < -0.4 is 0 Å². The molecule has 1 amide bonds. The lowest BCUT2D eigenvalue weighted by molar-refractivity contribution is -0.140. The zero-order chi connectivity index (χ0) is 14.6. The smallest absolute Gasteiger partial charge is 0.323 e. The van der Waals surface area contributed by atoms with E-state index in [-0.39, 0.29) is 5.56 Å². The van der Waals surface area contributed by atoms with Crippen molar-refractivity contribution in [2.24, 2.45) is 0 Å². The van der Waals surface area contributed by atoms with E-state index in [1.165, 1.54) is 12.1 Å². The van der Waals surface area contributed by atoms with Gasteiger partial charge in [-0.2, -0.15) is 0 Å². The molecule has 2 N–H and O–H groups in total. The highest BCUT2D eigenvalue weighted by Gasteiger charge is 2.21. The molecule has 0 atom stereocenters. The number of amides is 1. The lowest BCUT2D eigenvalue weighted by atomic mass is 10.1. The highest BCUT2D eigenvalue weighted by Crippen LogP contribution is 2.16. The van der Waals surface area contributed by atoms with Gasteiger partial charge in [0.1, 0.15) is 13.1 Å². The third kappa shape index (κ3) is 4.59. The number of hydrogen-bond donors (Lipinski definition) is 2. The van der Waals surface area contributed by atoms with E-state index in [9.17, 15) is 14.4 Å². The third-order valence-corrected chi connectivity index (χ3v) is 2.45. The average molecular weight is 286 g/mol. The number of carboxylic acid groups (broad SMARTS) is 2. The number of benzene rings is 1. The van der Waals surface area contributed by atoms with Gasteiger partial charge in [0.25, 0.3) is 5.91 Å². The zero-order valence-electron chi connectivity index (χ0n) is 10.1. The van der Waals surface area contributed by atoms with Crippen LogP contribution in [0.4, 0.5) is 0 Å². The molecular weight excluding hydrogens is 274 g/mol. The molecule has 1 rings (SSSR count). The highest BCUT2D eigenvalue weighted by molar-refractivity contribution is 6.31. The molecule has 0 unspecified atom stereocenters. The van der Waals surface area contributed by atoms with Gasteiger partial charge in [-0.25, -0.2) is 0 Å². The Hall–Kier alpha value is -2.08. The van der Waals surface area contributed by atoms with Crippen LogP contribution in [-0.2, 0) is 9.59 Å². The molecule has 102 valence electrons. The lowest BCUT2D eigenvalue weighted by Crippen LogP contribution is -2.39. The molecule has 0 spiro atoms. The first-order valence-corrected chi connectivity index (χ1v) is 5.67. The van der Waals surface area contributed by atoms with Crippen molar-refractivity contribution in [2.75, 3.05) is 13.1 Å². The van der Waals surface area contributed by atoms with Crippen LogP contribution in [0.1, 0.15) is 15.9 Å². The van der Waals surface area contributed by atoms with Gasteiger partial charge in [-0.1, -0.05) is 11.6 Å². The van der Waals surface area contributed by atoms with Crippen LogP contribution >= 0.6 is 11.6 Å². The van der Waals surface area contributed by atoms with Gasteiger partial charge in [0.15, 0.2) is 0 Å². The minimum absolute atomic E-state index is 0.160. The van der Waals surface area contributed by atoms with E-state index >= 15 is 0 Å². The first-order chi connectivity index (χ1) is 8.79. The van der Waals surface area contributed by atoms with Crippen LogP contribution in [0, 0.1) is 6.92 Å². The van der Waals surface area contributed by atoms with Gasteiger partial charge in [0.05, 0.1) is 0 Å². The summed E-state index contributed by atoms with van der Waals surface area (Å²) in [6, 6.07) is 4.52. The Kier molecular flexibility index (Phi) is 4.88. The molecule has 7 heteroatoms. The lowest BCUT2D eigenvalue weighted by Gasteiger charge is -2.18. The largest absolute Gasteiger partial charge is 0.480 e. The third-order valence-electron chi connectivity index (χ3n) is 2.23. The molecule has 1 aromatic carbocycles. The van der Waals surface area contributed by atoms with E-state index in [4.69, 9.17) is 21.8 Å². The summed E-state index contributed by atoms with van der Waals surface area (Å²) in [7, 11) is 0. The number of carboxylic acids is 2. The summed E-state index contributed by atoms with van der Waals surface area (Å²) in [4.78, 5) is 34.1.